The van der Waals surface area contributed by atoms with Crippen LogP contribution < -0.4 is 15.4 Å². The standard InChI is InChI=1S/C17H20N2O5/c1-10(20)18-14-8-7-11(9-15(14)24-2)19-16(21)12-5-3-4-6-13(12)17(22)23/h3-4,7-9,12-13H,5-6H2,1-2H3,(H,18,20)(H,19,21)(H,22,23)/t12-,13+/m0/s1. The number of carbonyl (C=O) groups is 3. The van der Waals surface area contributed by atoms with Crippen LogP contribution in [0.4, 0.5) is 11.4 Å². The summed E-state index contributed by atoms with van der Waals surface area (Å²) in [5.74, 6) is -2.49. The number of anilines is 2. The van der Waals surface area contributed by atoms with Crippen molar-refractivity contribution >= 4 is 29.2 Å². The van der Waals surface area contributed by atoms with Crippen LogP contribution in [-0.4, -0.2) is 30.0 Å². The van der Waals surface area contributed by atoms with Crippen LogP contribution >= 0.6 is 0 Å². The summed E-state index contributed by atoms with van der Waals surface area (Å²) in [6.45, 7) is 1.39. The zero-order valence-electron chi connectivity index (χ0n) is 13.5. The second-order valence-electron chi connectivity index (χ2n) is 5.58. The van der Waals surface area contributed by atoms with Crippen molar-refractivity contribution in [2.24, 2.45) is 11.8 Å². The molecule has 0 aromatic heterocycles. The van der Waals surface area contributed by atoms with Gasteiger partial charge in [0.15, 0.2) is 0 Å². The number of rotatable bonds is 5. The van der Waals surface area contributed by atoms with Crippen LogP contribution in [0.3, 0.4) is 0 Å². The van der Waals surface area contributed by atoms with Crippen LogP contribution in [0.5, 0.6) is 5.75 Å². The van der Waals surface area contributed by atoms with E-state index in [0.717, 1.165) is 0 Å². The molecule has 3 N–H and O–H groups in total. The maximum absolute atomic E-state index is 12.4. The van der Waals surface area contributed by atoms with Crippen LogP contribution in [0.15, 0.2) is 30.4 Å². The number of benzene rings is 1. The molecule has 0 saturated carbocycles. The van der Waals surface area contributed by atoms with Gasteiger partial charge < -0.3 is 20.5 Å². The molecular formula is C17H20N2O5. The summed E-state index contributed by atoms with van der Waals surface area (Å²) in [5.41, 5.74) is 0.969. The lowest BCUT2D eigenvalue weighted by molar-refractivity contribution is -0.146. The van der Waals surface area contributed by atoms with Gasteiger partial charge in [0, 0.05) is 18.7 Å². The largest absolute Gasteiger partial charge is 0.494 e. The smallest absolute Gasteiger partial charge is 0.307 e. The van der Waals surface area contributed by atoms with Crippen molar-refractivity contribution < 1.29 is 24.2 Å². The van der Waals surface area contributed by atoms with Gasteiger partial charge in [0.2, 0.25) is 11.8 Å². The molecule has 0 aliphatic heterocycles. The Morgan fingerprint density at radius 1 is 1.12 bits per heavy atom. The Labute approximate surface area is 139 Å². The summed E-state index contributed by atoms with van der Waals surface area (Å²) >= 11 is 0. The molecule has 2 amide bonds. The second kappa shape index (κ2) is 7.63. The van der Waals surface area contributed by atoms with E-state index in [4.69, 9.17) is 4.74 Å². The van der Waals surface area contributed by atoms with Crippen molar-refractivity contribution in [3.05, 3.63) is 30.4 Å². The van der Waals surface area contributed by atoms with E-state index >= 15 is 0 Å². The van der Waals surface area contributed by atoms with Gasteiger partial charge >= 0.3 is 5.97 Å². The Balaban J connectivity index is 2.15. The summed E-state index contributed by atoms with van der Waals surface area (Å²) < 4.78 is 5.20. The molecule has 7 heteroatoms. The van der Waals surface area contributed by atoms with E-state index in [9.17, 15) is 19.5 Å². The maximum atomic E-state index is 12.4. The van der Waals surface area contributed by atoms with Crippen molar-refractivity contribution in [1.82, 2.24) is 0 Å². The van der Waals surface area contributed by atoms with Crippen LogP contribution in [0.25, 0.3) is 0 Å². The fourth-order valence-electron chi connectivity index (χ4n) is 2.67. The highest BCUT2D eigenvalue weighted by Crippen LogP contribution is 2.30. The summed E-state index contributed by atoms with van der Waals surface area (Å²) in [7, 11) is 1.46. The molecule has 128 valence electrons. The number of hydrogen-bond acceptors (Lipinski definition) is 4. The quantitative estimate of drug-likeness (QED) is 0.717. The van der Waals surface area contributed by atoms with Gasteiger partial charge in [-0.1, -0.05) is 12.2 Å². The average molecular weight is 332 g/mol. The first-order chi connectivity index (χ1) is 11.4. The van der Waals surface area contributed by atoms with E-state index in [1.165, 1.54) is 14.0 Å². The fourth-order valence-corrected chi connectivity index (χ4v) is 2.67. The Kier molecular flexibility index (Phi) is 5.57. The zero-order valence-corrected chi connectivity index (χ0v) is 13.5. The number of carboxylic acids is 1. The minimum Gasteiger partial charge on any atom is -0.494 e. The molecule has 1 aliphatic carbocycles. The molecule has 0 spiro atoms. The minimum absolute atomic E-state index is 0.233. The van der Waals surface area contributed by atoms with Crippen LogP contribution in [0, 0.1) is 11.8 Å². The van der Waals surface area contributed by atoms with Gasteiger partial charge in [-0.15, -0.1) is 0 Å². The van der Waals surface area contributed by atoms with Crippen LogP contribution in [0.1, 0.15) is 19.8 Å². The second-order valence-corrected chi connectivity index (χ2v) is 5.58. The van der Waals surface area contributed by atoms with Gasteiger partial charge in [-0.25, -0.2) is 0 Å². The van der Waals surface area contributed by atoms with Gasteiger partial charge in [-0.05, 0) is 25.0 Å². The summed E-state index contributed by atoms with van der Waals surface area (Å²) in [6.07, 6.45) is 4.35. The highest BCUT2D eigenvalue weighted by atomic mass is 16.5. The van der Waals surface area contributed by atoms with Crippen molar-refractivity contribution in [1.29, 1.82) is 0 Å². The lowest BCUT2D eigenvalue weighted by atomic mass is 9.82. The van der Waals surface area contributed by atoms with Crippen molar-refractivity contribution in [3.63, 3.8) is 0 Å². The molecule has 0 saturated heterocycles. The molecular weight excluding hydrogens is 312 g/mol. The number of hydrogen-bond donors (Lipinski definition) is 3. The van der Waals surface area contributed by atoms with Crippen molar-refractivity contribution in [2.45, 2.75) is 19.8 Å². The fraction of sp³-hybridized carbons (Fsp3) is 0.353. The first-order valence-corrected chi connectivity index (χ1v) is 7.56. The number of aliphatic carboxylic acids is 1. The molecule has 0 unspecified atom stereocenters. The predicted molar refractivity (Wildman–Crippen MR) is 88.9 cm³/mol. The SMILES string of the molecule is COc1cc(NC(=O)[C@H]2CC=CC[C@H]2C(=O)O)ccc1NC(C)=O. The van der Waals surface area contributed by atoms with Gasteiger partial charge in [0.25, 0.3) is 0 Å². The van der Waals surface area contributed by atoms with Crippen molar-refractivity contribution in [3.8, 4) is 5.75 Å². The minimum atomic E-state index is -0.974. The van der Waals surface area contributed by atoms with Gasteiger partial charge in [-0.3, -0.25) is 14.4 Å². The molecule has 0 radical (unpaired) electrons. The number of amides is 2. The molecule has 1 aromatic rings. The highest BCUT2D eigenvalue weighted by molar-refractivity contribution is 5.96. The Morgan fingerprint density at radius 3 is 2.38 bits per heavy atom. The first-order valence-electron chi connectivity index (χ1n) is 7.56. The third kappa shape index (κ3) is 4.13. The maximum Gasteiger partial charge on any atom is 0.307 e. The summed E-state index contributed by atoms with van der Waals surface area (Å²) in [5, 5.41) is 14.6. The molecule has 1 aliphatic rings. The van der Waals surface area contributed by atoms with E-state index in [2.05, 4.69) is 10.6 Å². The molecule has 1 aromatic carbocycles. The molecule has 2 atom stereocenters. The number of nitrogens with one attached hydrogen (secondary N) is 2. The molecule has 0 fully saturated rings. The predicted octanol–water partition coefficient (Wildman–Crippen LogP) is 2.26. The summed E-state index contributed by atoms with van der Waals surface area (Å²) in [6, 6.07) is 4.82. The Morgan fingerprint density at radius 2 is 1.79 bits per heavy atom. The van der Waals surface area contributed by atoms with Crippen LogP contribution in [0.2, 0.25) is 0 Å². The molecule has 0 bridgehead atoms. The van der Waals surface area contributed by atoms with E-state index in [1.807, 2.05) is 6.08 Å². The normalized spacial score (nSPS) is 19.4. The van der Waals surface area contributed by atoms with Gasteiger partial charge in [0.1, 0.15) is 5.75 Å². The van der Waals surface area contributed by atoms with Crippen molar-refractivity contribution in [2.75, 3.05) is 17.7 Å². The lowest BCUT2D eigenvalue weighted by Gasteiger charge is -2.24. The number of ether oxygens (including phenoxy) is 1. The monoisotopic (exact) mass is 332 g/mol. The number of carbonyl (C=O) groups excluding carboxylic acids is 2. The summed E-state index contributed by atoms with van der Waals surface area (Å²) in [4.78, 5) is 34.9. The highest BCUT2D eigenvalue weighted by Gasteiger charge is 2.34. The molecule has 0 heterocycles. The van der Waals surface area contributed by atoms with Gasteiger partial charge in [0.05, 0.1) is 24.6 Å². The average Bonchev–Trinajstić information content (AvgIpc) is 2.55. The van der Waals surface area contributed by atoms with Gasteiger partial charge in [-0.2, -0.15) is 0 Å². The van der Waals surface area contributed by atoms with E-state index in [0.29, 0.717) is 30.0 Å². The zero-order chi connectivity index (χ0) is 17.7. The van der Waals surface area contributed by atoms with E-state index < -0.39 is 17.8 Å². The Bertz CT molecular complexity index is 684. The topological polar surface area (TPSA) is 105 Å². The third-order valence-electron chi connectivity index (χ3n) is 3.87. The lowest BCUT2D eigenvalue weighted by Crippen LogP contribution is -2.34. The third-order valence-corrected chi connectivity index (χ3v) is 3.87. The first kappa shape index (κ1) is 17.5. The molecule has 2 rings (SSSR count). The number of methoxy groups -OCH3 is 1. The van der Waals surface area contributed by atoms with Crippen LogP contribution in [-0.2, 0) is 14.4 Å². The number of carboxylic acid groups (broad SMARTS) is 1. The van der Waals surface area contributed by atoms with E-state index in [-0.39, 0.29) is 11.8 Å². The Hall–Kier alpha value is -2.83. The number of allylic oxidation sites excluding steroid dienone is 2. The molecule has 7 nitrogen and oxygen atoms in total. The molecule has 24 heavy (non-hydrogen) atoms. The van der Waals surface area contributed by atoms with E-state index in [1.54, 1.807) is 24.3 Å².